The summed E-state index contributed by atoms with van der Waals surface area (Å²) in [4.78, 5) is 14.6. The van der Waals surface area contributed by atoms with Crippen LogP contribution in [-0.4, -0.2) is 51.3 Å². The second kappa shape index (κ2) is 7.30. The molecule has 3 rings (SSSR count). The monoisotopic (exact) mass is 334 g/mol. The average Bonchev–Trinajstić information content (AvgIpc) is 3.21. The third-order valence-corrected chi connectivity index (χ3v) is 5.13. The van der Waals surface area contributed by atoms with E-state index in [1.165, 1.54) is 19.3 Å². The van der Waals surface area contributed by atoms with E-state index in [0.29, 0.717) is 36.4 Å². The van der Waals surface area contributed by atoms with Crippen molar-refractivity contribution in [2.45, 2.75) is 31.8 Å². The zero-order valence-corrected chi connectivity index (χ0v) is 14.6. The molecule has 2 aliphatic rings. The van der Waals surface area contributed by atoms with Gasteiger partial charge in [-0.2, -0.15) is 0 Å². The summed E-state index contributed by atoms with van der Waals surface area (Å²) >= 11 is 0. The van der Waals surface area contributed by atoms with Crippen LogP contribution in [0.1, 0.15) is 24.8 Å². The Morgan fingerprint density at radius 1 is 1.12 bits per heavy atom. The molecular weight excluding hydrogens is 308 g/mol. The summed E-state index contributed by atoms with van der Waals surface area (Å²) < 4.78 is 16.0. The number of benzene rings is 1. The smallest absolute Gasteiger partial charge is 0.234 e. The van der Waals surface area contributed by atoms with Crippen molar-refractivity contribution in [2.24, 2.45) is 5.92 Å². The van der Waals surface area contributed by atoms with Crippen LogP contribution in [0.2, 0.25) is 0 Å². The van der Waals surface area contributed by atoms with E-state index in [1.54, 1.807) is 27.4 Å². The number of methoxy groups -OCH3 is 3. The number of carbonyl (C=O) groups excluding carboxylic acids is 1. The molecule has 6 heteroatoms. The van der Waals surface area contributed by atoms with Gasteiger partial charge in [0.25, 0.3) is 0 Å². The third kappa shape index (κ3) is 3.43. The summed E-state index contributed by atoms with van der Waals surface area (Å²) in [6.45, 7) is 1.96. The standard InChI is InChI=1S/C18H26N2O4/c1-22-15-8-17(24-3)16(23-2)7-13(15)9-19-18(21)11-20-10-12-4-5-14(20)6-12/h7-8,12,14H,4-6,9-11H2,1-3H3,(H,19,21). The van der Waals surface area contributed by atoms with Crippen molar-refractivity contribution in [3.8, 4) is 17.2 Å². The Hall–Kier alpha value is -1.95. The highest BCUT2D eigenvalue weighted by Gasteiger charge is 2.38. The molecule has 1 aromatic rings. The molecule has 1 amide bonds. The number of hydrogen-bond acceptors (Lipinski definition) is 5. The van der Waals surface area contributed by atoms with Gasteiger partial charge in [-0.1, -0.05) is 0 Å². The van der Waals surface area contributed by atoms with E-state index in [1.807, 2.05) is 6.07 Å². The summed E-state index contributed by atoms with van der Waals surface area (Å²) in [5.41, 5.74) is 0.867. The first-order valence-electron chi connectivity index (χ1n) is 8.44. The molecule has 24 heavy (non-hydrogen) atoms. The van der Waals surface area contributed by atoms with E-state index in [4.69, 9.17) is 14.2 Å². The highest BCUT2D eigenvalue weighted by molar-refractivity contribution is 5.78. The number of hydrogen-bond donors (Lipinski definition) is 1. The molecule has 1 N–H and O–H groups in total. The second-order valence-electron chi connectivity index (χ2n) is 6.56. The maximum atomic E-state index is 12.3. The molecule has 1 aromatic carbocycles. The molecule has 2 fully saturated rings. The minimum Gasteiger partial charge on any atom is -0.496 e. The van der Waals surface area contributed by atoms with Crippen molar-refractivity contribution in [1.82, 2.24) is 10.2 Å². The number of nitrogens with zero attached hydrogens (tertiary/aromatic N) is 1. The number of carbonyl (C=O) groups is 1. The van der Waals surface area contributed by atoms with Gasteiger partial charge < -0.3 is 19.5 Å². The van der Waals surface area contributed by atoms with Crippen LogP contribution in [0.3, 0.4) is 0 Å². The number of likely N-dealkylation sites (tertiary alicyclic amines) is 1. The maximum Gasteiger partial charge on any atom is 0.234 e. The molecule has 1 saturated heterocycles. The summed E-state index contributed by atoms with van der Waals surface area (Å²) in [6, 6.07) is 4.23. The number of piperidine rings is 1. The number of nitrogens with one attached hydrogen (secondary N) is 1. The fourth-order valence-corrected chi connectivity index (χ4v) is 3.89. The molecule has 1 heterocycles. The van der Waals surface area contributed by atoms with Gasteiger partial charge in [0, 0.05) is 30.8 Å². The number of fused-ring (bicyclic) bond motifs is 2. The Balaban J connectivity index is 1.60. The first-order chi connectivity index (χ1) is 11.6. The lowest BCUT2D eigenvalue weighted by molar-refractivity contribution is -0.122. The third-order valence-electron chi connectivity index (χ3n) is 5.13. The van der Waals surface area contributed by atoms with Gasteiger partial charge in [0.15, 0.2) is 11.5 Å². The van der Waals surface area contributed by atoms with Crippen molar-refractivity contribution in [3.63, 3.8) is 0 Å². The molecule has 2 unspecified atom stereocenters. The van der Waals surface area contributed by atoms with E-state index in [0.717, 1.165) is 18.0 Å². The van der Waals surface area contributed by atoms with Crippen molar-refractivity contribution < 1.29 is 19.0 Å². The van der Waals surface area contributed by atoms with Gasteiger partial charge >= 0.3 is 0 Å². The maximum absolute atomic E-state index is 12.3. The molecule has 1 aliphatic heterocycles. The number of rotatable bonds is 7. The van der Waals surface area contributed by atoms with Crippen LogP contribution >= 0.6 is 0 Å². The van der Waals surface area contributed by atoms with Crippen molar-refractivity contribution in [3.05, 3.63) is 17.7 Å². The Labute approximate surface area is 143 Å². The molecule has 0 spiro atoms. The van der Waals surface area contributed by atoms with E-state index < -0.39 is 0 Å². The van der Waals surface area contributed by atoms with Crippen molar-refractivity contribution in [1.29, 1.82) is 0 Å². The number of ether oxygens (including phenoxy) is 3. The summed E-state index contributed by atoms with van der Waals surface area (Å²) in [6.07, 6.45) is 3.82. The highest BCUT2D eigenvalue weighted by Crippen LogP contribution is 2.37. The summed E-state index contributed by atoms with van der Waals surface area (Å²) in [5, 5.41) is 2.99. The van der Waals surface area contributed by atoms with Crippen LogP contribution in [0.5, 0.6) is 17.2 Å². The van der Waals surface area contributed by atoms with E-state index in [9.17, 15) is 4.79 Å². The van der Waals surface area contributed by atoms with Crippen LogP contribution in [0.15, 0.2) is 12.1 Å². The van der Waals surface area contributed by atoms with Crippen LogP contribution in [0.4, 0.5) is 0 Å². The van der Waals surface area contributed by atoms with Crippen LogP contribution in [0.25, 0.3) is 0 Å². The Morgan fingerprint density at radius 3 is 2.42 bits per heavy atom. The summed E-state index contributed by atoms with van der Waals surface area (Å²) in [5.74, 6) is 2.76. The largest absolute Gasteiger partial charge is 0.496 e. The zero-order valence-electron chi connectivity index (χ0n) is 14.6. The molecule has 1 aliphatic carbocycles. The Bertz CT molecular complexity index is 605. The first kappa shape index (κ1) is 16.9. The minimum atomic E-state index is 0.0550. The molecule has 2 bridgehead atoms. The van der Waals surface area contributed by atoms with E-state index >= 15 is 0 Å². The lowest BCUT2D eigenvalue weighted by Gasteiger charge is -2.26. The molecule has 132 valence electrons. The van der Waals surface area contributed by atoms with Crippen molar-refractivity contribution >= 4 is 5.91 Å². The molecule has 2 atom stereocenters. The Morgan fingerprint density at radius 2 is 1.83 bits per heavy atom. The van der Waals surface area contributed by atoms with Gasteiger partial charge in [-0.25, -0.2) is 0 Å². The molecular formula is C18H26N2O4. The van der Waals surface area contributed by atoms with Crippen LogP contribution in [0, 0.1) is 5.92 Å². The first-order valence-corrected chi connectivity index (χ1v) is 8.44. The van der Waals surface area contributed by atoms with Gasteiger partial charge in [0.05, 0.1) is 27.9 Å². The summed E-state index contributed by atoms with van der Waals surface area (Å²) in [7, 11) is 4.78. The molecule has 1 saturated carbocycles. The molecule has 6 nitrogen and oxygen atoms in total. The fraction of sp³-hybridized carbons (Fsp3) is 0.611. The van der Waals surface area contributed by atoms with Gasteiger partial charge in [-0.15, -0.1) is 0 Å². The molecule has 0 aromatic heterocycles. The van der Waals surface area contributed by atoms with Gasteiger partial charge in [0.2, 0.25) is 5.91 Å². The lowest BCUT2D eigenvalue weighted by atomic mass is 10.1. The zero-order chi connectivity index (χ0) is 17.1. The lowest BCUT2D eigenvalue weighted by Crippen LogP contribution is -2.41. The van der Waals surface area contributed by atoms with E-state index in [-0.39, 0.29) is 5.91 Å². The second-order valence-corrected chi connectivity index (χ2v) is 6.56. The molecule has 0 radical (unpaired) electrons. The predicted molar refractivity (Wildman–Crippen MR) is 90.6 cm³/mol. The topological polar surface area (TPSA) is 60.0 Å². The normalized spacial score (nSPS) is 22.5. The SMILES string of the molecule is COc1cc(OC)c(OC)cc1CNC(=O)CN1CC2CCC1C2. The Kier molecular flexibility index (Phi) is 5.14. The minimum absolute atomic E-state index is 0.0550. The fourth-order valence-electron chi connectivity index (χ4n) is 3.89. The predicted octanol–water partition coefficient (Wildman–Crippen LogP) is 1.81. The van der Waals surface area contributed by atoms with Crippen LogP contribution < -0.4 is 19.5 Å². The van der Waals surface area contributed by atoms with E-state index in [2.05, 4.69) is 10.2 Å². The highest BCUT2D eigenvalue weighted by atomic mass is 16.5. The van der Waals surface area contributed by atoms with Crippen molar-refractivity contribution in [2.75, 3.05) is 34.4 Å². The number of amides is 1. The van der Waals surface area contributed by atoms with Gasteiger partial charge in [-0.3, -0.25) is 9.69 Å². The van der Waals surface area contributed by atoms with Gasteiger partial charge in [-0.05, 0) is 31.2 Å². The van der Waals surface area contributed by atoms with Crippen LogP contribution in [-0.2, 0) is 11.3 Å². The van der Waals surface area contributed by atoms with Gasteiger partial charge in [0.1, 0.15) is 5.75 Å². The average molecular weight is 334 g/mol. The quantitative estimate of drug-likeness (QED) is 0.824.